The summed E-state index contributed by atoms with van der Waals surface area (Å²) in [5.74, 6) is -1.23. The Kier molecular flexibility index (Phi) is 4.72. The summed E-state index contributed by atoms with van der Waals surface area (Å²) in [5.41, 5.74) is 1.74. The number of hydrogen-bond acceptors (Lipinski definition) is 4. The Morgan fingerprint density at radius 3 is 2.45 bits per heavy atom. The van der Waals surface area contributed by atoms with Gasteiger partial charge in [0.05, 0.1) is 11.3 Å². The second kappa shape index (κ2) is 7.35. The lowest BCUT2D eigenvalue weighted by atomic mass is 10.1. The minimum absolute atomic E-state index is 0.0152. The SMILES string of the molecule is Cc1c(NC(=O)c2ccc(-c3ccccc3F)o2)cccc1N1C(=O)CCC1=O. The van der Waals surface area contributed by atoms with Crippen molar-refractivity contribution in [3.63, 3.8) is 0 Å². The van der Waals surface area contributed by atoms with E-state index in [0.29, 0.717) is 16.9 Å². The quantitative estimate of drug-likeness (QED) is 0.672. The van der Waals surface area contributed by atoms with Crippen molar-refractivity contribution >= 4 is 29.1 Å². The highest BCUT2D eigenvalue weighted by atomic mass is 19.1. The van der Waals surface area contributed by atoms with Gasteiger partial charge in [-0.15, -0.1) is 0 Å². The van der Waals surface area contributed by atoms with Crippen LogP contribution in [0.4, 0.5) is 15.8 Å². The summed E-state index contributed by atoms with van der Waals surface area (Å²) in [6, 6.07) is 14.1. The molecule has 6 nitrogen and oxygen atoms in total. The van der Waals surface area contributed by atoms with Crippen molar-refractivity contribution < 1.29 is 23.2 Å². The zero-order valence-corrected chi connectivity index (χ0v) is 15.6. The number of carbonyl (C=O) groups excluding carboxylic acids is 3. The van der Waals surface area contributed by atoms with E-state index >= 15 is 0 Å². The van der Waals surface area contributed by atoms with E-state index in [1.807, 2.05) is 0 Å². The summed E-state index contributed by atoms with van der Waals surface area (Å²) in [5, 5.41) is 2.72. The Hall–Kier alpha value is -3.74. The molecule has 4 rings (SSSR count). The average Bonchev–Trinajstić information content (AvgIpc) is 3.31. The van der Waals surface area contributed by atoms with Gasteiger partial charge in [0, 0.05) is 18.5 Å². The third-order valence-corrected chi connectivity index (χ3v) is 4.81. The molecule has 1 fully saturated rings. The number of rotatable bonds is 4. The number of amides is 3. The number of carbonyl (C=O) groups is 3. The van der Waals surface area contributed by atoms with Crippen LogP contribution in [0.2, 0.25) is 0 Å². The molecule has 0 atom stereocenters. The summed E-state index contributed by atoms with van der Waals surface area (Å²) < 4.78 is 19.4. The first-order chi connectivity index (χ1) is 14.0. The Morgan fingerprint density at radius 2 is 1.72 bits per heavy atom. The number of nitrogens with zero attached hydrogens (tertiary/aromatic N) is 1. The molecule has 2 aromatic carbocycles. The largest absolute Gasteiger partial charge is 0.451 e. The highest BCUT2D eigenvalue weighted by molar-refractivity contribution is 6.20. The molecule has 0 radical (unpaired) electrons. The lowest BCUT2D eigenvalue weighted by molar-refractivity contribution is -0.121. The van der Waals surface area contributed by atoms with Crippen molar-refractivity contribution in [3.05, 3.63) is 71.7 Å². The maximum Gasteiger partial charge on any atom is 0.291 e. The molecule has 29 heavy (non-hydrogen) atoms. The van der Waals surface area contributed by atoms with E-state index in [1.54, 1.807) is 43.3 Å². The smallest absolute Gasteiger partial charge is 0.291 e. The predicted molar refractivity (Wildman–Crippen MR) is 105 cm³/mol. The van der Waals surface area contributed by atoms with Crippen LogP contribution < -0.4 is 10.2 Å². The fourth-order valence-corrected chi connectivity index (χ4v) is 3.30. The molecule has 1 aromatic heterocycles. The first-order valence-electron chi connectivity index (χ1n) is 9.07. The van der Waals surface area contributed by atoms with Gasteiger partial charge >= 0.3 is 0 Å². The van der Waals surface area contributed by atoms with Crippen molar-refractivity contribution in [2.45, 2.75) is 19.8 Å². The molecule has 0 saturated carbocycles. The van der Waals surface area contributed by atoms with Gasteiger partial charge < -0.3 is 9.73 Å². The van der Waals surface area contributed by atoms with E-state index in [0.717, 1.165) is 4.90 Å². The van der Waals surface area contributed by atoms with Gasteiger partial charge in [-0.2, -0.15) is 0 Å². The Labute approximate surface area is 165 Å². The van der Waals surface area contributed by atoms with Gasteiger partial charge in [0.25, 0.3) is 5.91 Å². The van der Waals surface area contributed by atoms with Crippen molar-refractivity contribution in [3.8, 4) is 11.3 Å². The number of halogens is 1. The molecule has 0 aliphatic carbocycles. The van der Waals surface area contributed by atoms with Crippen molar-refractivity contribution in [1.29, 1.82) is 0 Å². The molecular formula is C22H17FN2O4. The van der Waals surface area contributed by atoms with E-state index in [4.69, 9.17) is 4.42 Å². The topological polar surface area (TPSA) is 79.6 Å². The fraction of sp³-hybridized carbons (Fsp3) is 0.136. The van der Waals surface area contributed by atoms with Gasteiger partial charge in [-0.1, -0.05) is 18.2 Å². The number of hydrogen-bond donors (Lipinski definition) is 1. The first kappa shape index (κ1) is 18.6. The van der Waals surface area contributed by atoms with E-state index in [2.05, 4.69) is 5.32 Å². The molecule has 3 aromatic rings. The van der Waals surface area contributed by atoms with E-state index < -0.39 is 11.7 Å². The molecule has 3 amide bonds. The van der Waals surface area contributed by atoms with Crippen LogP contribution in [-0.4, -0.2) is 17.7 Å². The molecule has 2 heterocycles. The van der Waals surface area contributed by atoms with Crippen LogP contribution >= 0.6 is 0 Å². The molecule has 1 saturated heterocycles. The summed E-state index contributed by atoms with van der Waals surface area (Å²) in [6.45, 7) is 1.72. The van der Waals surface area contributed by atoms with Crippen LogP contribution in [0.5, 0.6) is 0 Å². The van der Waals surface area contributed by atoms with Crippen molar-refractivity contribution in [1.82, 2.24) is 0 Å². The molecule has 7 heteroatoms. The van der Waals surface area contributed by atoms with E-state index in [9.17, 15) is 18.8 Å². The predicted octanol–water partition coefficient (Wildman–Crippen LogP) is 4.30. The second-order valence-corrected chi connectivity index (χ2v) is 6.67. The number of anilines is 2. The Morgan fingerprint density at radius 1 is 1.00 bits per heavy atom. The molecule has 0 bridgehead atoms. The minimum atomic E-state index is -0.521. The summed E-state index contributed by atoms with van der Waals surface area (Å²) in [6.07, 6.45) is 0.361. The van der Waals surface area contributed by atoms with Gasteiger partial charge in [0.1, 0.15) is 11.6 Å². The molecule has 1 aliphatic heterocycles. The van der Waals surface area contributed by atoms with Crippen LogP contribution in [0.15, 0.2) is 59.0 Å². The Bertz CT molecular complexity index is 1120. The number of furan rings is 1. The lowest BCUT2D eigenvalue weighted by Gasteiger charge is -2.18. The monoisotopic (exact) mass is 392 g/mol. The van der Waals surface area contributed by atoms with Gasteiger partial charge in [-0.05, 0) is 48.9 Å². The Balaban J connectivity index is 1.58. The molecule has 1 N–H and O–H groups in total. The lowest BCUT2D eigenvalue weighted by Crippen LogP contribution is -2.29. The number of imide groups is 1. The first-order valence-corrected chi connectivity index (χ1v) is 9.07. The van der Waals surface area contributed by atoms with Crippen LogP contribution in [0.3, 0.4) is 0 Å². The van der Waals surface area contributed by atoms with Gasteiger partial charge in [0.2, 0.25) is 11.8 Å². The van der Waals surface area contributed by atoms with Gasteiger partial charge in [-0.25, -0.2) is 4.39 Å². The third kappa shape index (κ3) is 3.42. The van der Waals surface area contributed by atoms with Crippen molar-refractivity contribution in [2.75, 3.05) is 10.2 Å². The van der Waals surface area contributed by atoms with Crippen LogP contribution in [0.25, 0.3) is 11.3 Å². The summed E-state index contributed by atoms with van der Waals surface area (Å²) in [7, 11) is 0. The molecule has 0 unspecified atom stereocenters. The van der Waals surface area contributed by atoms with Crippen LogP contribution in [0.1, 0.15) is 29.0 Å². The van der Waals surface area contributed by atoms with E-state index in [1.165, 1.54) is 18.2 Å². The molecule has 1 aliphatic rings. The summed E-state index contributed by atoms with van der Waals surface area (Å²) in [4.78, 5) is 37.8. The second-order valence-electron chi connectivity index (χ2n) is 6.67. The highest BCUT2D eigenvalue weighted by Gasteiger charge is 2.31. The molecule has 146 valence electrons. The maximum atomic E-state index is 13.9. The zero-order chi connectivity index (χ0) is 20.5. The summed E-state index contributed by atoms with van der Waals surface area (Å²) >= 11 is 0. The van der Waals surface area contributed by atoms with Gasteiger partial charge in [0.15, 0.2) is 5.76 Å². The molecule has 0 spiro atoms. The van der Waals surface area contributed by atoms with Gasteiger partial charge in [-0.3, -0.25) is 19.3 Å². The molecular weight excluding hydrogens is 375 g/mol. The fourth-order valence-electron chi connectivity index (χ4n) is 3.30. The standard InChI is InChI=1S/C22H17FN2O4/c1-13-16(7-4-8-17(13)25-20(26)11-12-21(25)27)24-22(28)19-10-9-18(29-19)14-5-2-3-6-15(14)23/h2-10H,11-12H2,1H3,(H,24,28). The average molecular weight is 392 g/mol. The van der Waals surface area contributed by atoms with E-state index in [-0.39, 0.29) is 41.7 Å². The highest BCUT2D eigenvalue weighted by Crippen LogP contribution is 2.31. The number of benzene rings is 2. The zero-order valence-electron chi connectivity index (χ0n) is 15.6. The van der Waals surface area contributed by atoms with Crippen LogP contribution in [-0.2, 0) is 9.59 Å². The number of nitrogens with one attached hydrogen (secondary N) is 1. The van der Waals surface area contributed by atoms with Crippen LogP contribution in [0, 0.1) is 12.7 Å². The third-order valence-electron chi connectivity index (χ3n) is 4.81. The van der Waals surface area contributed by atoms with Crippen molar-refractivity contribution in [2.24, 2.45) is 0 Å². The normalized spacial score (nSPS) is 13.8. The maximum absolute atomic E-state index is 13.9. The minimum Gasteiger partial charge on any atom is -0.451 e.